The molecule has 402 valence electrons. The first kappa shape index (κ1) is 66.7. The molecule has 1 aliphatic rings. The molecular formula is C39H73N10O17P3S. The lowest BCUT2D eigenvalue weighted by Crippen LogP contribution is -2.46. The second-order valence-electron chi connectivity index (χ2n) is 15.8. The highest BCUT2D eigenvalue weighted by molar-refractivity contribution is 8.13. The Morgan fingerprint density at radius 1 is 0.914 bits per heavy atom. The Hall–Kier alpha value is -3.34. The Labute approximate surface area is 411 Å². The van der Waals surface area contributed by atoms with Gasteiger partial charge in [0.15, 0.2) is 22.8 Å². The van der Waals surface area contributed by atoms with Crippen molar-refractivity contribution in [2.75, 3.05) is 37.8 Å². The lowest BCUT2D eigenvalue weighted by Gasteiger charge is -2.35. The number of hydrogen-bond donors (Lipinski definition) is 9. The summed E-state index contributed by atoms with van der Waals surface area (Å²) in [4.78, 5) is 94.8. The van der Waals surface area contributed by atoms with Crippen LogP contribution in [0.4, 0.5) is 5.82 Å². The van der Waals surface area contributed by atoms with Crippen molar-refractivity contribution in [3.63, 3.8) is 0 Å². The number of carbonyl (C=O) groups is 3. The van der Waals surface area contributed by atoms with Crippen LogP contribution in [0.15, 0.2) is 49.1 Å². The fraction of sp³-hybridized carbons (Fsp3) is 0.641. The van der Waals surface area contributed by atoms with Crippen molar-refractivity contribution in [3.8, 4) is 0 Å². The van der Waals surface area contributed by atoms with Gasteiger partial charge in [-0.2, -0.15) is 0 Å². The number of amides is 2. The molecule has 0 bridgehead atoms. The van der Waals surface area contributed by atoms with E-state index in [4.69, 9.17) is 10.5 Å². The minimum atomic E-state index is -5.91. The summed E-state index contributed by atoms with van der Waals surface area (Å²) in [6, 6.07) is 0. The number of phosphoric acid groups is 3. The normalized spacial score (nSPS) is 20.2. The van der Waals surface area contributed by atoms with E-state index in [1.807, 2.05) is 0 Å². The third kappa shape index (κ3) is 24.4. The first-order valence-electron chi connectivity index (χ1n) is 21.5. The quantitative estimate of drug-likeness (QED) is 0.0287. The molecule has 3 rings (SSSR count). The van der Waals surface area contributed by atoms with Gasteiger partial charge >= 0.3 is 0 Å². The summed E-state index contributed by atoms with van der Waals surface area (Å²) >= 11 is 1.13. The van der Waals surface area contributed by atoms with Gasteiger partial charge in [-0.15, -0.1) is 0 Å². The smallest absolute Gasteiger partial charge is 0.274 e. The molecule has 0 saturated carbocycles. The third-order valence-corrected chi connectivity index (χ3v) is 13.7. The fourth-order valence-electron chi connectivity index (χ4n) is 6.24. The van der Waals surface area contributed by atoms with E-state index < -0.39 is 84.6 Å². The van der Waals surface area contributed by atoms with E-state index in [-0.39, 0.29) is 60.1 Å². The number of allylic oxidation sites excluding steroid dienone is 6. The van der Waals surface area contributed by atoms with Crippen molar-refractivity contribution >= 4 is 69.1 Å². The second kappa shape index (κ2) is 32.7. The number of aliphatic hydroxyl groups excluding tert-OH is 2. The standard InChI is InChI=1S/C39H64N7O17P3S.3H3N/c1-4-5-6-7-8-9-10-11-12-13-14-15-16-17-18-19-30(48)67-23-22-41-29(47)20-21-42-37(51)34(50)39(2,3)25-60-66(57,58)63-65(55,56)59-24-28-33(62-64(52,53)54)32(49)38(61-28)46-27-45-31-35(40)43-26-44-36(31)46;;;/h5-6,8-9,11-12,26-28,32-34,38,49-50H,4,7,10,13-25H2,1-3H3,(H,41,47)(H,42,51)(H,55,56)(H,57,58)(H2,40,43,44)(H2,52,53,54);3*1H3/b6-5-,9-8-,12-11-;;;/t28-,32?,33+,34+,38-;;;/m1.../s1. The number of ether oxygens (including phenoxy) is 1. The summed E-state index contributed by atoms with van der Waals surface area (Å²) in [7, 11) is -17.3. The molecule has 1 fully saturated rings. The Kier molecular flexibility index (Phi) is 31.1. The molecule has 8 atom stereocenters. The van der Waals surface area contributed by atoms with Crippen LogP contribution >= 0.6 is 35.2 Å². The van der Waals surface area contributed by atoms with Crippen LogP contribution in [0, 0.1) is 5.41 Å². The van der Waals surface area contributed by atoms with Gasteiger partial charge in [0.25, 0.3) is 23.5 Å². The summed E-state index contributed by atoms with van der Waals surface area (Å²) in [6.07, 6.45) is 15.2. The molecule has 70 heavy (non-hydrogen) atoms. The van der Waals surface area contributed by atoms with Crippen molar-refractivity contribution in [2.24, 2.45) is 5.41 Å². The average molecular weight is 1080 g/mol. The zero-order chi connectivity index (χ0) is 49.7. The maximum Gasteiger partial charge on any atom is 0.274 e. The molecule has 4 unspecified atom stereocenters. The molecule has 0 spiro atoms. The molecule has 2 aromatic heterocycles. The number of imidazole rings is 1. The molecule has 19 N–H and O–H groups in total. The highest BCUT2D eigenvalue weighted by atomic mass is 32.2. The Morgan fingerprint density at radius 2 is 1.54 bits per heavy atom. The number of nitrogen functional groups attached to an aromatic ring is 1. The summed E-state index contributed by atoms with van der Waals surface area (Å²) in [5, 5.41) is 26.5. The van der Waals surface area contributed by atoms with Gasteiger partial charge in [0.2, 0.25) is 11.8 Å². The van der Waals surface area contributed by atoms with E-state index in [0.717, 1.165) is 86.8 Å². The van der Waals surface area contributed by atoms with Crippen molar-refractivity contribution in [1.82, 2.24) is 48.6 Å². The number of anilines is 1. The minimum Gasteiger partial charge on any atom is -0.756 e. The molecule has 0 radical (unpaired) electrons. The molecule has 27 nitrogen and oxygen atoms in total. The molecule has 2 amide bonds. The summed E-state index contributed by atoms with van der Waals surface area (Å²) in [5.74, 6) is -1.14. The van der Waals surface area contributed by atoms with Gasteiger partial charge in [-0.25, -0.2) is 19.3 Å². The predicted molar refractivity (Wildman–Crippen MR) is 258 cm³/mol. The van der Waals surface area contributed by atoms with Crippen LogP contribution in [0.2, 0.25) is 0 Å². The second-order valence-corrected chi connectivity index (χ2v) is 21.1. The molecule has 0 aromatic carbocycles. The van der Waals surface area contributed by atoms with Crippen LogP contribution in [0.5, 0.6) is 0 Å². The van der Waals surface area contributed by atoms with Gasteiger partial charge in [0, 0.05) is 37.1 Å². The number of fused-ring (bicyclic) bond motifs is 1. The van der Waals surface area contributed by atoms with Crippen LogP contribution in [-0.4, -0.2) is 108 Å². The molecular weight excluding hydrogens is 1010 g/mol. The van der Waals surface area contributed by atoms with Crippen LogP contribution in [-0.2, 0) is 50.7 Å². The van der Waals surface area contributed by atoms with Gasteiger partial charge in [-0.05, 0) is 38.5 Å². The lowest BCUT2D eigenvalue weighted by atomic mass is 9.87. The number of aromatic nitrogens is 4. The number of nitrogens with two attached hydrogens (primary N) is 1. The number of nitrogens with one attached hydrogen (secondary N) is 2. The number of unbranched alkanes of at least 4 members (excludes halogenated alkanes) is 5. The first-order valence-corrected chi connectivity index (χ1v) is 26.9. The predicted octanol–water partition coefficient (Wildman–Crippen LogP) is 3.49. The number of carbonyl (C=O) groups excluding carboxylic acids is 3. The number of quaternary nitrogens is 3. The highest BCUT2D eigenvalue weighted by Crippen LogP contribution is 2.56. The summed E-state index contributed by atoms with van der Waals surface area (Å²) < 4.78 is 61.1. The number of hydrogen-bond acceptors (Lipinski definition) is 21. The number of thioether (sulfide) groups is 1. The van der Waals surface area contributed by atoms with Crippen LogP contribution in [0.1, 0.15) is 97.6 Å². The number of rotatable bonds is 32. The van der Waals surface area contributed by atoms with E-state index in [9.17, 15) is 57.9 Å². The minimum absolute atomic E-state index is 0. The third-order valence-electron chi connectivity index (χ3n) is 9.78. The van der Waals surface area contributed by atoms with Gasteiger partial charge in [-0.1, -0.05) is 88.3 Å². The summed E-state index contributed by atoms with van der Waals surface area (Å²) in [5.41, 5.74) is 4.13. The Bertz CT molecular complexity index is 2150. The van der Waals surface area contributed by atoms with E-state index in [0.29, 0.717) is 12.2 Å². The van der Waals surface area contributed by atoms with Crippen molar-refractivity contribution in [3.05, 3.63) is 49.1 Å². The maximum atomic E-state index is 12.6. The van der Waals surface area contributed by atoms with E-state index >= 15 is 0 Å². The first-order chi connectivity index (χ1) is 31.6. The monoisotopic (exact) mass is 1080 g/mol. The van der Waals surface area contributed by atoms with Gasteiger partial charge in [0.1, 0.15) is 36.3 Å². The molecule has 1 aliphatic heterocycles. The van der Waals surface area contributed by atoms with Crippen LogP contribution in [0.25, 0.3) is 11.2 Å². The molecule has 3 heterocycles. The van der Waals surface area contributed by atoms with Crippen molar-refractivity contribution in [1.29, 1.82) is 0 Å². The van der Waals surface area contributed by atoms with E-state index in [2.05, 4.69) is 86.8 Å². The Morgan fingerprint density at radius 3 is 2.21 bits per heavy atom. The molecule has 31 heteroatoms. The summed E-state index contributed by atoms with van der Waals surface area (Å²) in [6.45, 7) is 2.31. The zero-order valence-electron chi connectivity index (χ0n) is 40.5. The van der Waals surface area contributed by atoms with Crippen molar-refractivity contribution in [2.45, 2.75) is 122 Å². The zero-order valence-corrected chi connectivity index (χ0v) is 44.0. The van der Waals surface area contributed by atoms with Gasteiger partial charge in [0.05, 0.1) is 19.5 Å². The topological polar surface area (TPSA) is 482 Å². The fourth-order valence-corrected chi connectivity index (χ4v) is 9.70. The Balaban J connectivity index is 0.0000159. The highest BCUT2D eigenvalue weighted by Gasteiger charge is 2.48. The molecule has 2 aromatic rings. The van der Waals surface area contributed by atoms with E-state index in [1.165, 1.54) is 13.8 Å². The SMILES string of the molecule is CC/C=C\C/C=C\C/C=C\CCCCCCCC(=O)SCCNC(=O)CCNC(=O)[C@H](O)C(C)(C)COP(=O)([O-])OP(=O)([O-])OC[C@H]1O[C@@H](n2cnc3c(N)ncnc32)C(O)[C@H]1OP(=O)([O-])O.[NH4+].[NH4+].[NH4+]. The van der Waals surface area contributed by atoms with Gasteiger partial charge < -0.3 is 82.9 Å². The van der Waals surface area contributed by atoms with Gasteiger partial charge in [-0.3, -0.25) is 32.6 Å². The van der Waals surface area contributed by atoms with Crippen molar-refractivity contribution < 1.29 is 80.5 Å². The van der Waals surface area contributed by atoms with Crippen LogP contribution in [0.3, 0.4) is 0 Å². The number of aliphatic hydroxyl groups is 2. The molecule has 1 saturated heterocycles. The molecule has 0 aliphatic carbocycles. The maximum absolute atomic E-state index is 12.6. The van der Waals surface area contributed by atoms with Crippen LogP contribution < -0.4 is 49.5 Å². The lowest BCUT2D eigenvalue weighted by molar-refractivity contribution is -0.247. The number of phosphoric ester groups is 3. The average Bonchev–Trinajstić information content (AvgIpc) is 3.81. The largest absolute Gasteiger partial charge is 0.756 e. The van der Waals surface area contributed by atoms with E-state index in [1.54, 1.807) is 0 Å². The number of nitrogens with zero attached hydrogens (tertiary/aromatic N) is 4.